The number of nitrogens with one attached hydrogen (secondary N) is 1. The fraction of sp³-hybridized carbons (Fsp3) is 0.500. The van der Waals surface area contributed by atoms with Crippen molar-refractivity contribution in [3.8, 4) is 0 Å². The van der Waals surface area contributed by atoms with E-state index in [-0.39, 0.29) is 34.3 Å². The SMILES string of the molecule is CC(C)(C)[Si](C)(C)OCCCN(CC[C@H]1CN(c2ccc3c(c2)NC(=O)CS3)C(=O)O1)CC1Cn2c(=O)ccc3ccc(F)c1c32. The number of anilines is 2. The number of rotatable bonds is 11. The topological polar surface area (TPSA) is 93.1 Å². The summed E-state index contributed by atoms with van der Waals surface area (Å²) in [6.07, 6.45) is 0.694. The third-order valence-electron chi connectivity index (χ3n) is 9.86. The molecule has 1 fully saturated rings. The molecule has 2 aromatic carbocycles. The molecule has 0 saturated carbocycles. The Morgan fingerprint density at radius 1 is 1.09 bits per heavy atom. The van der Waals surface area contributed by atoms with Gasteiger partial charge in [0, 0.05) is 60.9 Å². The van der Waals surface area contributed by atoms with Crippen molar-refractivity contribution in [2.45, 2.75) is 75.2 Å². The summed E-state index contributed by atoms with van der Waals surface area (Å²) in [4.78, 5) is 42.5. The number of hydrogen-bond acceptors (Lipinski definition) is 7. The highest BCUT2D eigenvalue weighted by Crippen LogP contribution is 2.38. The van der Waals surface area contributed by atoms with Crippen molar-refractivity contribution in [1.29, 1.82) is 0 Å². The largest absolute Gasteiger partial charge is 0.444 e. The number of pyridine rings is 1. The first-order chi connectivity index (χ1) is 21.8. The maximum Gasteiger partial charge on any atom is 0.414 e. The maximum atomic E-state index is 15.3. The quantitative estimate of drug-likeness (QED) is 0.187. The zero-order valence-corrected chi connectivity index (χ0v) is 29.0. The molecule has 0 spiro atoms. The number of cyclic esters (lactones) is 1. The van der Waals surface area contributed by atoms with E-state index in [1.165, 1.54) is 17.8 Å². The highest BCUT2D eigenvalue weighted by molar-refractivity contribution is 8.00. The Balaban J connectivity index is 1.14. The van der Waals surface area contributed by atoms with Crippen LogP contribution in [0.25, 0.3) is 10.9 Å². The van der Waals surface area contributed by atoms with Gasteiger partial charge in [-0.25, -0.2) is 9.18 Å². The Morgan fingerprint density at radius 2 is 1.87 bits per heavy atom. The molecule has 6 rings (SSSR count). The van der Waals surface area contributed by atoms with Crippen LogP contribution < -0.4 is 15.8 Å². The zero-order chi connectivity index (χ0) is 32.8. The Kier molecular flexibility index (Phi) is 9.09. The van der Waals surface area contributed by atoms with Crippen molar-refractivity contribution < 1.29 is 23.1 Å². The van der Waals surface area contributed by atoms with E-state index in [0.29, 0.717) is 67.4 Å². The van der Waals surface area contributed by atoms with Gasteiger partial charge in [0.2, 0.25) is 5.91 Å². The van der Waals surface area contributed by atoms with Crippen LogP contribution in [0, 0.1) is 5.82 Å². The van der Waals surface area contributed by atoms with Gasteiger partial charge < -0.3 is 23.9 Å². The van der Waals surface area contributed by atoms with Crippen molar-refractivity contribution in [3.05, 3.63) is 64.2 Å². The fourth-order valence-electron chi connectivity index (χ4n) is 6.31. The van der Waals surface area contributed by atoms with Crippen molar-refractivity contribution >= 4 is 54.4 Å². The fourth-order valence-corrected chi connectivity index (χ4v) is 8.19. The molecule has 2 atom stereocenters. The third kappa shape index (κ3) is 6.62. The smallest absolute Gasteiger partial charge is 0.414 e. The van der Waals surface area contributed by atoms with Crippen LogP contribution >= 0.6 is 11.8 Å². The van der Waals surface area contributed by atoms with Gasteiger partial charge in [-0.15, -0.1) is 11.8 Å². The van der Waals surface area contributed by atoms with Gasteiger partial charge >= 0.3 is 6.09 Å². The number of thioether (sulfide) groups is 1. The van der Waals surface area contributed by atoms with E-state index in [4.69, 9.17) is 9.16 Å². The summed E-state index contributed by atoms with van der Waals surface area (Å²) >= 11 is 1.48. The van der Waals surface area contributed by atoms with E-state index in [1.54, 1.807) is 27.7 Å². The molecule has 3 aliphatic heterocycles. The average molecular weight is 667 g/mol. The second-order valence-corrected chi connectivity index (χ2v) is 19.9. The van der Waals surface area contributed by atoms with Crippen molar-refractivity contribution in [1.82, 2.24) is 9.47 Å². The minimum Gasteiger partial charge on any atom is -0.444 e. The van der Waals surface area contributed by atoms with Gasteiger partial charge in [0.05, 0.1) is 23.5 Å². The van der Waals surface area contributed by atoms with Gasteiger partial charge in [0.15, 0.2) is 8.32 Å². The number of nitrogens with zero attached hydrogens (tertiary/aromatic N) is 3. The Bertz CT molecular complexity index is 1720. The standard InChI is InChI=1S/C34H43FN4O5SSi/c1-34(2,3)46(4,5)43-16-6-14-37(18-23-19-39-30(41)12-8-22-7-10-26(35)31(23)32(22)39)15-13-25-20-38(33(42)44-25)24-9-11-28-27(17-24)36-29(40)21-45-28/h7-12,17,23,25H,6,13-16,18-21H2,1-5H3,(H,36,40)/t23?,25-/m0/s1. The minimum absolute atomic E-state index is 0.0577. The lowest BCUT2D eigenvalue weighted by Crippen LogP contribution is -2.41. The molecular formula is C34H43FN4O5SSi. The lowest BCUT2D eigenvalue weighted by Gasteiger charge is -2.36. The predicted octanol–water partition coefficient (Wildman–Crippen LogP) is 6.41. The lowest BCUT2D eigenvalue weighted by atomic mass is 9.98. The average Bonchev–Trinajstić information content (AvgIpc) is 3.57. The van der Waals surface area contributed by atoms with Crippen LogP contribution in [0.15, 0.2) is 52.2 Å². The van der Waals surface area contributed by atoms with Gasteiger partial charge in [0.1, 0.15) is 11.9 Å². The molecule has 0 bridgehead atoms. The molecule has 4 heterocycles. The number of benzene rings is 2. The highest BCUT2D eigenvalue weighted by atomic mass is 32.2. The molecule has 12 heteroatoms. The lowest BCUT2D eigenvalue weighted by molar-refractivity contribution is -0.113. The second-order valence-electron chi connectivity index (χ2n) is 14.1. The molecule has 1 saturated heterocycles. The van der Waals surface area contributed by atoms with Crippen LogP contribution in [0.5, 0.6) is 0 Å². The number of fused-ring (bicyclic) bond motifs is 1. The summed E-state index contributed by atoms with van der Waals surface area (Å²) in [5.74, 6) is -0.135. The van der Waals surface area contributed by atoms with Crippen LogP contribution in [-0.2, 0) is 20.5 Å². The summed E-state index contributed by atoms with van der Waals surface area (Å²) in [5, 5.41) is 3.87. The first-order valence-corrected chi connectivity index (χ1v) is 19.9. The van der Waals surface area contributed by atoms with Gasteiger partial charge in [-0.2, -0.15) is 0 Å². The Morgan fingerprint density at radius 3 is 2.65 bits per heavy atom. The molecule has 246 valence electrons. The highest BCUT2D eigenvalue weighted by Gasteiger charge is 2.37. The number of aromatic nitrogens is 1. The van der Waals surface area contributed by atoms with Crippen LogP contribution in [0.2, 0.25) is 18.1 Å². The predicted molar refractivity (Wildman–Crippen MR) is 183 cm³/mol. The zero-order valence-electron chi connectivity index (χ0n) is 27.2. The number of hydrogen-bond donors (Lipinski definition) is 1. The minimum atomic E-state index is -1.90. The van der Waals surface area contributed by atoms with E-state index in [0.717, 1.165) is 23.2 Å². The normalized spacial score (nSPS) is 19.6. The first-order valence-electron chi connectivity index (χ1n) is 16.0. The van der Waals surface area contributed by atoms with Crippen molar-refractivity contribution in [2.75, 3.05) is 48.8 Å². The number of carbonyl (C=O) groups is 2. The molecule has 1 N–H and O–H groups in total. The molecule has 0 radical (unpaired) electrons. The van der Waals surface area contributed by atoms with Gasteiger partial charge in [-0.1, -0.05) is 20.8 Å². The molecular weight excluding hydrogens is 624 g/mol. The summed E-state index contributed by atoms with van der Waals surface area (Å²) in [6, 6.07) is 12.2. The molecule has 2 amide bonds. The molecule has 9 nitrogen and oxygen atoms in total. The van der Waals surface area contributed by atoms with Gasteiger partial charge in [-0.05, 0) is 72.8 Å². The third-order valence-corrected chi connectivity index (χ3v) is 15.5. The number of ether oxygens (including phenoxy) is 1. The molecule has 0 aliphatic carbocycles. The number of halogens is 1. The van der Waals surface area contributed by atoms with E-state index < -0.39 is 14.4 Å². The first kappa shape index (κ1) is 32.7. The second kappa shape index (κ2) is 12.8. The number of carbonyl (C=O) groups excluding carboxylic acids is 2. The molecule has 3 aromatic rings. The van der Waals surface area contributed by atoms with E-state index in [9.17, 15) is 14.4 Å². The van der Waals surface area contributed by atoms with E-state index in [1.807, 2.05) is 18.2 Å². The van der Waals surface area contributed by atoms with Crippen LogP contribution in [0.3, 0.4) is 0 Å². The van der Waals surface area contributed by atoms with Gasteiger partial charge in [0.25, 0.3) is 5.56 Å². The van der Waals surface area contributed by atoms with E-state index in [2.05, 4.69) is 44.1 Å². The molecule has 1 unspecified atom stereocenters. The van der Waals surface area contributed by atoms with Crippen molar-refractivity contribution in [3.63, 3.8) is 0 Å². The summed E-state index contributed by atoms with van der Waals surface area (Å²) < 4.78 is 29.3. The van der Waals surface area contributed by atoms with Crippen LogP contribution in [0.4, 0.5) is 20.6 Å². The Labute approximate surface area is 274 Å². The van der Waals surface area contributed by atoms with Gasteiger partial charge in [-0.3, -0.25) is 14.5 Å². The molecule has 1 aromatic heterocycles. The van der Waals surface area contributed by atoms with Crippen LogP contribution in [0.1, 0.15) is 45.1 Å². The number of amides is 2. The molecule has 46 heavy (non-hydrogen) atoms. The Hall–Kier alpha value is -3.19. The monoisotopic (exact) mass is 666 g/mol. The summed E-state index contributed by atoms with van der Waals surface area (Å²) in [6.45, 7) is 14.6. The van der Waals surface area contributed by atoms with Crippen molar-refractivity contribution in [2.24, 2.45) is 0 Å². The summed E-state index contributed by atoms with van der Waals surface area (Å²) in [5.41, 5.74) is 2.58. The molecule has 3 aliphatic rings. The van der Waals surface area contributed by atoms with Crippen LogP contribution in [-0.4, -0.2) is 74.4 Å². The maximum absolute atomic E-state index is 15.3. The summed E-state index contributed by atoms with van der Waals surface area (Å²) in [7, 11) is -1.90. The van der Waals surface area contributed by atoms with E-state index >= 15 is 4.39 Å².